The monoisotopic (exact) mass is 423 g/mol. The van der Waals surface area contributed by atoms with Crippen molar-refractivity contribution < 1.29 is 14.7 Å². The summed E-state index contributed by atoms with van der Waals surface area (Å²) in [5.41, 5.74) is 2.24. The molecular formula is C20H31N4O2S2+. The molecule has 28 heavy (non-hydrogen) atoms. The number of anilines is 1. The average molecular weight is 424 g/mol. The van der Waals surface area contributed by atoms with Crippen molar-refractivity contribution in [3.05, 3.63) is 10.4 Å². The lowest BCUT2D eigenvalue weighted by Gasteiger charge is -2.33. The predicted octanol–water partition coefficient (Wildman–Crippen LogP) is 1.74. The van der Waals surface area contributed by atoms with E-state index in [4.69, 9.17) is 14.7 Å². The summed E-state index contributed by atoms with van der Waals surface area (Å²) in [5.74, 6) is 1.09. The largest absolute Gasteiger partial charge is 0.391 e. The molecule has 0 aromatic carbocycles. The van der Waals surface area contributed by atoms with E-state index in [1.165, 1.54) is 20.0 Å². The van der Waals surface area contributed by atoms with Gasteiger partial charge in [-0.3, -0.25) is 0 Å². The van der Waals surface area contributed by atoms with Crippen molar-refractivity contribution >= 4 is 39.1 Å². The van der Waals surface area contributed by atoms with Crippen LogP contribution in [0.3, 0.4) is 0 Å². The second kappa shape index (κ2) is 8.07. The summed E-state index contributed by atoms with van der Waals surface area (Å²) in [5, 5.41) is 10.5. The van der Waals surface area contributed by atoms with Crippen LogP contribution in [0.15, 0.2) is 5.16 Å². The molecule has 2 aromatic rings. The molecule has 4 rings (SSSR count). The number of rotatable bonds is 5. The van der Waals surface area contributed by atoms with Gasteiger partial charge in [-0.1, -0.05) is 25.6 Å². The van der Waals surface area contributed by atoms with Crippen LogP contribution in [0.5, 0.6) is 0 Å². The molecule has 2 N–H and O–H groups in total. The maximum atomic E-state index is 9.23. The number of nitrogens with zero attached hydrogens (tertiary/aromatic N) is 3. The Hall–Kier alpha value is -0.930. The van der Waals surface area contributed by atoms with Crippen LogP contribution in [-0.4, -0.2) is 65.3 Å². The van der Waals surface area contributed by atoms with Crippen LogP contribution < -0.4 is 9.80 Å². The number of hydrogen-bond donors (Lipinski definition) is 2. The number of hydrogen-bond acceptors (Lipinski definition) is 7. The number of ether oxygens (including phenoxy) is 1. The highest BCUT2D eigenvalue weighted by atomic mass is 32.2. The summed E-state index contributed by atoms with van der Waals surface area (Å²) in [6, 6.07) is 0. The van der Waals surface area contributed by atoms with Gasteiger partial charge in [-0.25, -0.2) is 9.97 Å². The van der Waals surface area contributed by atoms with Crippen LogP contribution in [0.4, 0.5) is 5.82 Å². The minimum atomic E-state index is -0.115. The van der Waals surface area contributed by atoms with Crippen molar-refractivity contribution in [2.75, 3.05) is 44.2 Å². The zero-order valence-corrected chi connectivity index (χ0v) is 18.9. The number of quaternary nitrogens is 1. The Labute approximate surface area is 175 Å². The predicted molar refractivity (Wildman–Crippen MR) is 116 cm³/mol. The van der Waals surface area contributed by atoms with Gasteiger partial charge in [-0.15, -0.1) is 11.3 Å². The summed E-state index contributed by atoms with van der Waals surface area (Å²) < 4.78 is 7.32. The second-order valence-electron chi connectivity index (χ2n) is 8.61. The van der Waals surface area contributed by atoms with E-state index >= 15 is 0 Å². The lowest BCUT2D eigenvalue weighted by Crippen LogP contribution is -3.15. The molecule has 6 nitrogen and oxygen atoms in total. The van der Waals surface area contributed by atoms with Gasteiger partial charge in [0.25, 0.3) is 0 Å². The fourth-order valence-corrected chi connectivity index (χ4v) is 6.13. The molecule has 2 aliphatic rings. The van der Waals surface area contributed by atoms with E-state index in [0.717, 1.165) is 55.6 Å². The first kappa shape index (κ1) is 20.3. The first-order chi connectivity index (χ1) is 13.4. The molecule has 0 spiro atoms. The van der Waals surface area contributed by atoms with Crippen LogP contribution in [0.2, 0.25) is 0 Å². The molecule has 0 amide bonds. The number of nitrogens with one attached hydrogen (secondary N) is 1. The SMILES string of the molecule is CC(C)Sc1nc(N2CC[NH+](CCO)CC2)c2sc3c(c2n1)COC(C)(C)C3. The molecule has 8 heteroatoms. The van der Waals surface area contributed by atoms with E-state index in [-0.39, 0.29) is 12.2 Å². The molecule has 2 aromatic heterocycles. The van der Waals surface area contributed by atoms with Gasteiger partial charge in [-0.2, -0.15) is 0 Å². The molecule has 1 saturated heterocycles. The van der Waals surface area contributed by atoms with Crippen molar-refractivity contribution in [2.24, 2.45) is 0 Å². The highest BCUT2D eigenvalue weighted by Crippen LogP contribution is 2.42. The smallest absolute Gasteiger partial charge is 0.190 e. The van der Waals surface area contributed by atoms with E-state index in [0.29, 0.717) is 11.9 Å². The Morgan fingerprint density at radius 3 is 2.71 bits per heavy atom. The number of thiophene rings is 1. The number of piperazine rings is 1. The third kappa shape index (κ3) is 4.16. The minimum Gasteiger partial charge on any atom is -0.391 e. The van der Waals surface area contributed by atoms with E-state index < -0.39 is 0 Å². The topological polar surface area (TPSA) is 62.9 Å². The summed E-state index contributed by atoms with van der Waals surface area (Å²) in [7, 11) is 0. The van der Waals surface area contributed by atoms with Crippen LogP contribution in [0, 0.1) is 0 Å². The van der Waals surface area contributed by atoms with Crippen LogP contribution in [0.25, 0.3) is 10.2 Å². The molecule has 2 aliphatic heterocycles. The molecule has 0 saturated carbocycles. The first-order valence-electron chi connectivity index (χ1n) is 10.2. The Balaban J connectivity index is 1.73. The third-order valence-electron chi connectivity index (χ3n) is 5.44. The summed E-state index contributed by atoms with van der Waals surface area (Å²) >= 11 is 3.59. The molecule has 0 aliphatic carbocycles. The first-order valence-corrected chi connectivity index (χ1v) is 11.9. The molecule has 1 fully saturated rings. The molecule has 0 atom stereocenters. The number of thioether (sulfide) groups is 1. The molecule has 4 heterocycles. The molecular weight excluding hydrogens is 392 g/mol. The van der Waals surface area contributed by atoms with Crippen LogP contribution in [-0.2, 0) is 17.8 Å². The minimum absolute atomic E-state index is 0.115. The number of fused-ring (bicyclic) bond motifs is 3. The number of aliphatic hydroxyl groups is 1. The summed E-state index contributed by atoms with van der Waals surface area (Å²) in [6.07, 6.45) is 0.934. The maximum Gasteiger partial charge on any atom is 0.190 e. The summed E-state index contributed by atoms with van der Waals surface area (Å²) in [4.78, 5) is 15.3. The molecule has 154 valence electrons. The number of aromatic nitrogens is 2. The van der Waals surface area contributed by atoms with E-state index in [2.05, 4.69) is 32.6 Å². The van der Waals surface area contributed by atoms with Gasteiger partial charge in [0.2, 0.25) is 0 Å². The fraction of sp³-hybridized carbons (Fsp3) is 0.700. The van der Waals surface area contributed by atoms with Crippen molar-refractivity contribution in [3.8, 4) is 0 Å². The molecule has 0 bridgehead atoms. The Morgan fingerprint density at radius 2 is 2.04 bits per heavy atom. The molecule has 0 radical (unpaired) electrons. The van der Waals surface area contributed by atoms with Gasteiger partial charge in [-0.05, 0) is 13.8 Å². The van der Waals surface area contributed by atoms with E-state index in [1.54, 1.807) is 11.8 Å². The van der Waals surface area contributed by atoms with Gasteiger partial charge >= 0.3 is 0 Å². The lowest BCUT2D eigenvalue weighted by molar-refractivity contribution is -0.900. The number of aliphatic hydroxyl groups excluding tert-OH is 1. The van der Waals surface area contributed by atoms with Crippen molar-refractivity contribution in [1.29, 1.82) is 0 Å². The Morgan fingerprint density at radius 1 is 1.29 bits per heavy atom. The van der Waals surface area contributed by atoms with Crippen molar-refractivity contribution in [1.82, 2.24) is 9.97 Å². The fourth-order valence-electron chi connectivity index (χ4n) is 3.95. The summed E-state index contributed by atoms with van der Waals surface area (Å²) in [6.45, 7) is 14.4. The Kier molecular flexibility index (Phi) is 5.86. The highest BCUT2D eigenvalue weighted by Gasteiger charge is 2.32. The van der Waals surface area contributed by atoms with Gasteiger partial charge in [0.1, 0.15) is 6.54 Å². The Bertz CT molecular complexity index is 844. The van der Waals surface area contributed by atoms with E-state index in [9.17, 15) is 5.11 Å². The highest BCUT2D eigenvalue weighted by molar-refractivity contribution is 7.99. The van der Waals surface area contributed by atoms with Crippen molar-refractivity contribution in [2.45, 2.75) is 56.7 Å². The van der Waals surface area contributed by atoms with Crippen molar-refractivity contribution in [3.63, 3.8) is 0 Å². The normalized spacial score (nSPS) is 20.1. The lowest BCUT2D eigenvalue weighted by atomic mass is 9.98. The standard InChI is InChI=1S/C20H30N4O2S2/c1-13(2)27-19-21-16-14-12-26-20(3,4)11-15(14)28-17(16)18(22-19)24-7-5-23(6-8-24)9-10-25/h13,25H,5-12H2,1-4H3/p+1. The second-order valence-corrected chi connectivity index (χ2v) is 11.3. The van der Waals surface area contributed by atoms with Gasteiger partial charge in [0.05, 0.1) is 55.2 Å². The van der Waals surface area contributed by atoms with Gasteiger partial charge in [0, 0.05) is 22.1 Å². The quantitative estimate of drug-likeness (QED) is 0.564. The maximum absolute atomic E-state index is 9.23. The molecule has 0 unspecified atom stereocenters. The van der Waals surface area contributed by atoms with Crippen LogP contribution in [0.1, 0.15) is 38.1 Å². The zero-order chi connectivity index (χ0) is 19.9. The van der Waals surface area contributed by atoms with Gasteiger partial charge < -0.3 is 19.6 Å². The zero-order valence-electron chi connectivity index (χ0n) is 17.2. The third-order valence-corrected chi connectivity index (χ3v) is 7.53. The van der Waals surface area contributed by atoms with Crippen LogP contribution >= 0.6 is 23.1 Å². The average Bonchev–Trinajstić information content (AvgIpc) is 2.97. The van der Waals surface area contributed by atoms with E-state index in [1.807, 2.05) is 11.3 Å². The van der Waals surface area contributed by atoms with Gasteiger partial charge in [0.15, 0.2) is 11.0 Å².